The quantitative estimate of drug-likeness (QED) is 0.357. The number of nitrogens with zero attached hydrogens (tertiary/aromatic N) is 2. The van der Waals surface area contributed by atoms with Crippen LogP contribution in [0.15, 0.2) is 16.5 Å². The maximum Gasteiger partial charge on any atom is 0.433 e. The average molecular weight is 292 g/mol. The number of rotatable bonds is 5. The highest BCUT2D eigenvalue weighted by Crippen LogP contribution is 2.22. The van der Waals surface area contributed by atoms with Gasteiger partial charge in [-0.15, -0.1) is 6.42 Å². The third kappa shape index (κ3) is 3.83. The fourth-order valence-electron chi connectivity index (χ4n) is 2.37. The molecule has 21 heavy (non-hydrogen) atoms. The number of hydrogen-bond acceptors (Lipinski definition) is 5. The normalized spacial score (nSPS) is 18.2. The molecule has 0 spiro atoms. The Morgan fingerprint density at radius 1 is 1.62 bits per heavy atom. The molecule has 1 fully saturated rings. The van der Waals surface area contributed by atoms with E-state index in [9.17, 15) is 14.9 Å². The first-order chi connectivity index (χ1) is 10.1. The van der Waals surface area contributed by atoms with Gasteiger partial charge in [-0.25, -0.2) is 0 Å². The summed E-state index contributed by atoms with van der Waals surface area (Å²) in [6.07, 6.45) is 6.94. The molecule has 0 saturated carbocycles. The Morgan fingerprint density at radius 3 is 3.10 bits per heavy atom. The maximum absolute atomic E-state index is 12.2. The van der Waals surface area contributed by atoms with Crippen molar-refractivity contribution in [1.29, 1.82) is 0 Å². The number of terminal acetylenes is 1. The number of amides is 1. The Kier molecular flexibility index (Phi) is 4.95. The molecule has 1 atom stereocenters. The lowest BCUT2D eigenvalue weighted by Gasteiger charge is -2.31. The zero-order valence-corrected chi connectivity index (χ0v) is 11.5. The summed E-state index contributed by atoms with van der Waals surface area (Å²) in [5.41, 5.74) is 0. The minimum Gasteiger partial charge on any atom is -0.395 e. The van der Waals surface area contributed by atoms with Crippen molar-refractivity contribution in [2.45, 2.75) is 12.8 Å². The van der Waals surface area contributed by atoms with Crippen LogP contribution in [0.5, 0.6) is 0 Å². The standard InChI is InChI=1S/C14H16N2O5/c1-2-8-20-10-11-4-3-7-15(9-11)14(17)12-5-6-13(21-12)16(18)19/h1,5-6,11H,3-4,7-10H2. The number of carbonyl (C=O) groups excluding carboxylic acids is 1. The van der Waals surface area contributed by atoms with Gasteiger partial charge in [-0.1, -0.05) is 5.92 Å². The van der Waals surface area contributed by atoms with E-state index in [0.717, 1.165) is 12.8 Å². The predicted molar refractivity (Wildman–Crippen MR) is 73.6 cm³/mol. The van der Waals surface area contributed by atoms with Crippen LogP contribution in [0.4, 0.5) is 5.88 Å². The Labute approximate surface area is 122 Å². The molecule has 1 aliphatic rings. The lowest BCUT2D eigenvalue weighted by Crippen LogP contribution is -2.41. The number of ether oxygens (including phenoxy) is 1. The molecule has 1 aliphatic heterocycles. The smallest absolute Gasteiger partial charge is 0.395 e. The van der Waals surface area contributed by atoms with Crippen molar-refractivity contribution in [1.82, 2.24) is 4.90 Å². The van der Waals surface area contributed by atoms with Crippen LogP contribution >= 0.6 is 0 Å². The van der Waals surface area contributed by atoms with Crippen LogP contribution in [-0.4, -0.2) is 42.0 Å². The molecule has 7 nitrogen and oxygen atoms in total. The first kappa shape index (κ1) is 15.1. The van der Waals surface area contributed by atoms with E-state index in [1.165, 1.54) is 12.1 Å². The highest BCUT2D eigenvalue weighted by molar-refractivity contribution is 5.91. The molecule has 1 aromatic heterocycles. The SMILES string of the molecule is C#CCOCC1CCCN(C(=O)c2ccc([N+](=O)[O-])o2)C1. The van der Waals surface area contributed by atoms with E-state index in [1.807, 2.05) is 0 Å². The van der Waals surface area contributed by atoms with Crippen molar-refractivity contribution in [2.24, 2.45) is 5.92 Å². The minimum absolute atomic E-state index is 0.00751. The van der Waals surface area contributed by atoms with Gasteiger partial charge in [0, 0.05) is 19.0 Å². The van der Waals surface area contributed by atoms with Crippen LogP contribution in [0.25, 0.3) is 0 Å². The van der Waals surface area contributed by atoms with Gasteiger partial charge >= 0.3 is 5.88 Å². The predicted octanol–water partition coefficient (Wildman–Crippen LogP) is 1.69. The summed E-state index contributed by atoms with van der Waals surface area (Å²) in [7, 11) is 0. The van der Waals surface area contributed by atoms with Crippen molar-refractivity contribution < 1.29 is 18.9 Å². The molecule has 1 aromatic rings. The van der Waals surface area contributed by atoms with Gasteiger partial charge < -0.3 is 14.1 Å². The minimum atomic E-state index is -0.663. The summed E-state index contributed by atoms with van der Waals surface area (Å²) in [4.78, 5) is 23.8. The Hall–Kier alpha value is -2.33. The van der Waals surface area contributed by atoms with Crippen molar-refractivity contribution >= 4 is 11.8 Å². The Morgan fingerprint density at radius 2 is 2.43 bits per heavy atom. The molecule has 0 aromatic carbocycles. The van der Waals surface area contributed by atoms with Gasteiger partial charge in [0.25, 0.3) is 5.91 Å². The molecule has 0 bridgehead atoms. The topological polar surface area (TPSA) is 85.8 Å². The van der Waals surface area contributed by atoms with E-state index in [0.29, 0.717) is 19.7 Å². The zero-order chi connectivity index (χ0) is 15.2. The lowest BCUT2D eigenvalue weighted by molar-refractivity contribution is -0.402. The van der Waals surface area contributed by atoms with Crippen molar-refractivity contribution in [3.8, 4) is 12.3 Å². The number of likely N-dealkylation sites (tertiary alicyclic amines) is 1. The Bertz CT molecular complexity index is 560. The second-order valence-corrected chi connectivity index (χ2v) is 4.87. The zero-order valence-electron chi connectivity index (χ0n) is 11.5. The maximum atomic E-state index is 12.2. The molecule has 112 valence electrons. The van der Waals surface area contributed by atoms with Gasteiger partial charge in [-0.05, 0) is 18.9 Å². The van der Waals surface area contributed by atoms with E-state index in [2.05, 4.69) is 5.92 Å². The lowest BCUT2D eigenvalue weighted by atomic mass is 9.99. The van der Waals surface area contributed by atoms with Gasteiger partial charge in [0.1, 0.15) is 11.5 Å². The summed E-state index contributed by atoms with van der Waals surface area (Å²) < 4.78 is 10.3. The molecule has 1 unspecified atom stereocenters. The summed E-state index contributed by atoms with van der Waals surface area (Å²) in [6, 6.07) is 2.52. The third-order valence-electron chi connectivity index (χ3n) is 3.33. The molecule has 0 radical (unpaired) electrons. The Balaban J connectivity index is 1.95. The van der Waals surface area contributed by atoms with Crippen LogP contribution in [0.2, 0.25) is 0 Å². The molecule has 1 amide bonds. The fraction of sp³-hybridized carbons (Fsp3) is 0.500. The molecule has 1 saturated heterocycles. The fourth-order valence-corrected chi connectivity index (χ4v) is 2.37. The van der Waals surface area contributed by atoms with Gasteiger partial charge in [0.05, 0.1) is 12.7 Å². The van der Waals surface area contributed by atoms with Gasteiger partial charge in [-0.3, -0.25) is 14.9 Å². The first-order valence-corrected chi connectivity index (χ1v) is 6.66. The first-order valence-electron chi connectivity index (χ1n) is 6.66. The molecule has 2 rings (SSSR count). The second-order valence-electron chi connectivity index (χ2n) is 4.87. The monoisotopic (exact) mass is 292 g/mol. The van der Waals surface area contributed by atoms with Crippen LogP contribution in [0.3, 0.4) is 0 Å². The van der Waals surface area contributed by atoms with E-state index >= 15 is 0 Å². The number of carbonyl (C=O) groups is 1. The molecular weight excluding hydrogens is 276 g/mol. The summed E-state index contributed by atoms with van der Waals surface area (Å²) in [6.45, 7) is 1.91. The van der Waals surface area contributed by atoms with Crippen LogP contribution in [0, 0.1) is 28.4 Å². The summed E-state index contributed by atoms with van der Waals surface area (Å²) >= 11 is 0. The summed E-state index contributed by atoms with van der Waals surface area (Å²) in [5, 5.41) is 10.6. The summed E-state index contributed by atoms with van der Waals surface area (Å²) in [5.74, 6) is 1.86. The van der Waals surface area contributed by atoms with E-state index < -0.39 is 10.8 Å². The molecule has 0 N–H and O–H groups in total. The number of nitro groups is 1. The van der Waals surface area contributed by atoms with Gasteiger partial charge in [0.15, 0.2) is 5.76 Å². The van der Waals surface area contributed by atoms with Crippen LogP contribution in [0.1, 0.15) is 23.4 Å². The van der Waals surface area contributed by atoms with Crippen LogP contribution in [-0.2, 0) is 4.74 Å². The molecule has 0 aliphatic carbocycles. The largest absolute Gasteiger partial charge is 0.433 e. The van der Waals surface area contributed by atoms with Crippen molar-refractivity contribution in [3.63, 3.8) is 0 Å². The second kappa shape index (κ2) is 6.90. The van der Waals surface area contributed by atoms with Crippen molar-refractivity contribution in [2.75, 3.05) is 26.3 Å². The molecule has 7 heteroatoms. The van der Waals surface area contributed by atoms with E-state index in [-0.39, 0.29) is 24.2 Å². The van der Waals surface area contributed by atoms with Crippen molar-refractivity contribution in [3.05, 3.63) is 28.0 Å². The number of hydrogen-bond donors (Lipinski definition) is 0. The van der Waals surface area contributed by atoms with E-state index in [1.54, 1.807) is 4.90 Å². The molecule has 2 heterocycles. The number of piperidine rings is 1. The number of furan rings is 1. The average Bonchev–Trinajstić information content (AvgIpc) is 2.97. The van der Waals surface area contributed by atoms with Gasteiger partial charge in [0.2, 0.25) is 0 Å². The van der Waals surface area contributed by atoms with Crippen LogP contribution < -0.4 is 0 Å². The van der Waals surface area contributed by atoms with Gasteiger partial charge in [-0.2, -0.15) is 0 Å². The third-order valence-corrected chi connectivity index (χ3v) is 3.33. The highest BCUT2D eigenvalue weighted by Gasteiger charge is 2.27. The highest BCUT2D eigenvalue weighted by atomic mass is 16.6. The molecular formula is C14H16N2O5. The van der Waals surface area contributed by atoms with E-state index in [4.69, 9.17) is 15.6 Å².